The summed E-state index contributed by atoms with van der Waals surface area (Å²) in [7, 11) is 0. The Hall–Kier alpha value is -0.950. The molecule has 0 bridgehead atoms. The molecule has 14 heavy (non-hydrogen) atoms. The molecule has 0 saturated carbocycles. The van der Waals surface area contributed by atoms with E-state index in [2.05, 4.69) is 5.10 Å². The Morgan fingerprint density at radius 2 is 2.00 bits per heavy atom. The molecular weight excluding hydrogens is 221 g/mol. The molecule has 0 radical (unpaired) electrons. The largest absolute Gasteiger partial charge is 0.436 e. The topological polar surface area (TPSA) is 69.9 Å². The average Bonchev–Trinajstić information content (AvgIpc) is 2.24. The zero-order chi connectivity index (χ0) is 11.1. The minimum Gasteiger partial charge on any atom is -0.323 e. The Labute approximate surface area is 82.6 Å². The van der Waals surface area contributed by atoms with Crippen molar-refractivity contribution in [2.45, 2.75) is 19.1 Å². The first-order valence-corrected chi connectivity index (χ1v) is 3.99. The van der Waals surface area contributed by atoms with E-state index in [4.69, 9.17) is 23.2 Å². The van der Waals surface area contributed by atoms with Crippen molar-refractivity contribution in [3.05, 3.63) is 16.4 Å². The van der Waals surface area contributed by atoms with Crippen LogP contribution >= 0.6 is 11.6 Å². The van der Waals surface area contributed by atoms with Crippen LogP contribution in [0, 0.1) is 0 Å². The second kappa shape index (κ2) is 3.32. The summed E-state index contributed by atoms with van der Waals surface area (Å²) in [6.45, 7) is 1.46. The van der Waals surface area contributed by atoms with E-state index in [1.807, 2.05) is 0 Å². The number of rotatable bonds is 1. The van der Waals surface area contributed by atoms with Crippen LogP contribution in [0.15, 0.2) is 0 Å². The molecule has 0 aliphatic rings. The SMILES string of the molecule is CC(N)c1c(Cl)c(C(F)(F)F)nn1N. The molecule has 1 aromatic heterocycles. The summed E-state index contributed by atoms with van der Waals surface area (Å²) in [5.74, 6) is 5.18. The lowest BCUT2D eigenvalue weighted by Gasteiger charge is -2.05. The normalized spacial score (nSPS) is 14.4. The molecule has 4 nitrogen and oxygen atoms in total. The number of alkyl halides is 3. The highest BCUT2D eigenvalue weighted by molar-refractivity contribution is 6.32. The Balaban J connectivity index is 3.31. The lowest BCUT2D eigenvalue weighted by Crippen LogP contribution is -2.19. The van der Waals surface area contributed by atoms with Gasteiger partial charge in [-0.25, -0.2) is 0 Å². The number of hydrogen-bond donors (Lipinski definition) is 2. The third kappa shape index (κ3) is 1.78. The van der Waals surface area contributed by atoms with Gasteiger partial charge >= 0.3 is 6.18 Å². The lowest BCUT2D eigenvalue weighted by molar-refractivity contribution is -0.141. The van der Waals surface area contributed by atoms with Crippen molar-refractivity contribution in [1.29, 1.82) is 0 Å². The molecule has 1 heterocycles. The molecule has 80 valence electrons. The van der Waals surface area contributed by atoms with Gasteiger partial charge in [-0.3, -0.25) is 0 Å². The van der Waals surface area contributed by atoms with Gasteiger partial charge in [-0.1, -0.05) is 11.6 Å². The Morgan fingerprint density at radius 3 is 2.21 bits per heavy atom. The second-order valence-corrected chi connectivity index (χ2v) is 3.16. The van der Waals surface area contributed by atoms with Gasteiger partial charge in [-0.2, -0.15) is 18.0 Å². The average molecular weight is 229 g/mol. The molecular formula is C6H8ClF3N4. The molecule has 1 rings (SSSR count). The van der Waals surface area contributed by atoms with Crippen molar-refractivity contribution in [2.75, 3.05) is 5.84 Å². The molecule has 0 saturated heterocycles. The highest BCUT2D eigenvalue weighted by Gasteiger charge is 2.39. The first-order valence-electron chi connectivity index (χ1n) is 3.61. The van der Waals surface area contributed by atoms with Gasteiger partial charge < -0.3 is 11.6 Å². The fourth-order valence-corrected chi connectivity index (χ4v) is 1.42. The van der Waals surface area contributed by atoms with E-state index in [1.54, 1.807) is 0 Å². The van der Waals surface area contributed by atoms with E-state index in [0.29, 0.717) is 4.79 Å². The number of nitrogen functional groups attached to an aromatic ring is 1. The van der Waals surface area contributed by atoms with Crippen molar-refractivity contribution in [2.24, 2.45) is 5.73 Å². The summed E-state index contributed by atoms with van der Waals surface area (Å²) < 4.78 is 36.7. The number of hydrogen-bond acceptors (Lipinski definition) is 3. The zero-order valence-electron chi connectivity index (χ0n) is 7.14. The third-order valence-electron chi connectivity index (χ3n) is 1.59. The van der Waals surface area contributed by atoms with Gasteiger partial charge in [-0.15, -0.1) is 5.10 Å². The predicted molar refractivity (Wildman–Crippen MR) is 45.0 cm³/mol. The predicted octanol–water partition coefficient (Wildman–Crippen LogP) is 1.29. The molecule has 1 unspecified atom stereocenters. The van der Waals surface area contributed by atoms with E-state index >= 15 is 0 Å². The molecule has 1 atom stereocenters. The first-order chi connectivity index (χ1) is 6.25. The van der Waals surface area contributed by atoms with E-state index in [9.17, 15) is 13.2 Å². The maximum absolute atomic E-state index is 12.2. The van der Waals surface area contributed by atoms with Gasteiger partial charge in [0.2, 0.25) is 0 Å². The zero-order valence-corrected chi connectivity index (χ0v) is 7.89. The summed E-state index contributed by atoms with van der Waals surface area (Å²) in [5, 5.41) is 2.51. The summed E-state index contributed by atoms with van der Waals surface area (Å²) >= 11 is 5.45. The molecule has 4 N–H and O–H groups in total. The van der Waals surface area contributed by atoms with Crippen LogP contribution in [-0.4, -0.2) is 9.89 Å². The molecule has 0 amide bonds. The quantitative estimate of drug-likeness (QED) is 0.712. The molecule has 0 fully saturated rings. The fraction of sp³-hybridized carbons (Fsp3) is 0.500. The Morgan fingerprint density at radius 1 is 1.50 bits per heavy atom. The van der Waals surface area contributed by atoms with Crippen LogP contribution in [0.4, 0.5) is 13.2 Å². The maximum atomic E-state index is 12.2. The highest BCUT2D eigenvalue weighted by Crippen LogP contribution is 2.36. The highest BCUT2D eigenvalue weighted by atomic mass is 35.5. The second-order valence-electron chi connectivity index (χ2n) is 2.78. The van der Waals surface area contributed by atoms with Crippen LogP contribution in [0.5, 0.6) is 0 Å². The number of nitrogens with two attached hydrogens (primary N) is 2. The van der Waals surface area contributed by atoms with Crippen molar-refractivity contribution in [3.63, 3.8) is 0 Å². The number of aromatic nitrogens is 2. The van der Waals surface area contributed by atoms with Crippen LogP contribution in [0.25, 0.3) is 0 Å². The molecule has 0 aliphatic heterocycles. The fourth-order valence-electron chi connectivity index (χ4n) is 1.02. The molecule has 0 aliphatic carbocycles. The van der Waals surface area contributed by atoms with Crippen molar-refractivity contribution in [3.8, 4) is 0 Å². The summed E-state index contributed by atoms with van der Waals surface area (Å²) in [6, 6.07) is -0.712. The van der Waals surface area contributed by atoms with Gasteiger partial charge in [-0.05, 0) is 6.92 Å². The van der Waals surface area contributed by atoms with Gasteiger partial charge in [0.05, 0.1) is 10.7 Å². The van der Waals surface area contributed by atoms with Crippen LogP contribution in [0.1, 0.15) is 24.4 Å². The Bertz CT molecular complexity index is 344. The van der Waals surface area contributed by atoms with E-state index in [1.165, 1.54) is 6.92 Å². The number of halogens is 4. The molecule has 8 heteroatoms. The maximum Gasteiger partial charge on any atom is 0.436 e. The van der Waals surface area contributed by atoms with E-state index < -0.39 is 22.9 Å². The van der Waals surface area contributed by atoms with Crippen LogP contribution in [-0.2, 0) is 6.18 Å². The van der Waals surface area contributed by atoms with Gasteiger partial charge in [0.1, 0.15) is 0 Å². The third-order valence-corrected chi connectivity index (χ3v) is 1.96. The van der Waals surface area contributed by atoms with E-state index in [-0.39, 0.29) is 5.69 Å². The standard InChI is InChI=1S/C6H8ClF3N4/c1-2(11)4-3(7)5(6(8,9)10)13-14(4)12/h2H,11-12H2,1H3. The summed E-state index contributed by atoms with van der Waals surface area (Å²) in [5.41, 5.74) is 4.12. The minimum atomic E-state index is -4.62. The lowest BCUT2D eigenvalue weighted by atomic mass is 10.2. The summed E-state index contributed by atoms with van der Waals surface area (Å²) in [6.07, 6.45) is -4.62. The van der Waals surface area contributed by atoms with Crippen LogP contribution < -0.4 is 11.6 Å². The first kappa shape index (κ1) is 11.1. The van der Waals surface area contributed by atoms with Crippen molar-refractivity contribution in [1.82, 2.24) is 9.89 Å². The monoisotopic (exact) mass is 228 g/mol. The molecule has 1 aromatic rings. The Kier molecular flexibility index (Phi) is 2.64. The molecule has 0 aromatic carbocycles. The van der Waals surface area contributed by atoms with Gasteiger partial charge in [0.15, 0.2) is 5.69 Å². The van der Waals surface area contributed by atoms with Gasteiger partial charge in [0.25, 0.3) is 0 Å². The molecule has 0 spiro atoms. The summed E-state index contributed by atoms with van der Waals surface area (Å²) in [4.78, 5) is 0.551. The van der Waals surface area contributed by atoms with Crippen LogP contribution in [0.3, 0.4) is 0 Å². The van der Waals surface area contributed by atoms with E-state index in [0.717, 1.165) is 0 Å². The van der Waals surface area contributed by atoms with Crippen LogP contribution in [0.2, 0.25) is 5.02 Å². The number of nitrogens with zero attached hydrogens (tertiary/aromatic N) is 2. The van der Waals surface area contributed by atoms with Crippen molar-refractivity contribution >= 4 is 11.6 Å². The van der Waals surface area contributed by atoms with Gasteiger partial charge in [0, 0.05) is 6.04 Å². The minimum absolute atomic E-state index is 0.0426. The van der Waals surface area contributed by atoms with Crippen molar-refractivity contribution < 1.29 is 13.2 Å². The smallest absolute Gasteiger partial charge is 0.323 e.